The van der Waals surface area contributed by atoms with Crippen molar-refractivity contribution in [2.45, 2.75) is 30.1 Å². The molecule has 1 aliphatic heterocycles. The molecular formula is C33H46N2O12S. The van der Waals surface area contributed by atoms with Gasteiger partial charge < -0.3 is 43.6 Å². The molecule has 1 fully saturated rings. The molecule has 0 unspecified atom stereocenters. The number of piperidine rings is 1. The number of carbonyl (C=O) groups excluding carboxylic acids is 2. The highest BCUT2D eigenvalue weighted by atomic mass is 32.2. The minimum absolute atomic E-state index is 0.0870. The van der Waals surface area contributed by atoms with Gasteiger partial charge in [-0.1, -0.05) is 12.1 Å². The van der Waals surface area contributed by atoms with Crippen molar-refractivity contribution in [1.82, 2.24) is 9.62 Å². The smallest absolute Gasteiger partial charge is 0.322 e. The number of ether oxygens (including phenoxy) is 6. The summed E-state index contributed by atoms with van der Waals surface area (Å²) in [7, 11) is -3.73. The Kier molecular flexibility index (Phi) is 18.1. The van der Waals surface area contributed by atoms with Crippen molar-refractivity contribution >= 4 is 28.2 Å². The summed E-state index contributed by atoms with van der Waals surface area (Å²) < 4.78 is 60.6. The number of carbonyl (C=O) groups is 3. The molecule has 0 radical (unpaired) electrons. The highest BCUT2D eigenvalue weighted by molar-refractivity contribution is 7.89. The van der Waals surface area contributed by atoms with Gasteiger partial charge in [0.05, 0.1) is 71.0 Å². The van der Waals surface area contributed by atoms with E-state index < -0.39 is 28.4 Å². The lowest BCUT2D eigenvalue weighted by Crippen LogP contribution is -2.37. The number of nitrogens with zero attached hydrogens (tertiary/aromatic N) is 1. The van der Waals surface area contributed by atoms with Crippen LogP contribution in [-0.4, -0.2) is 128 Å². The number of carboxylic acids is 1. The quantitative estimate of drug-likeness (QED) is 0.115. The van der Waals surface area contributed by atoms with E-state index in [1.54, 1.807) is 0 Å². The molecule has 2 aromatic rings. The largest absolute Gasteiger partial charge is 0.491 e. The van der Waals surface area contributed by atoms with E-state index in [1.807, 2.05) is 24.3 Å². The standard InChI is InChI=1S/C33H46N2O12S/c36-14-1-15-42-16-17-43-18-19-44-20-21-45-22-23-46-24-25-47-30-6-2-27(3-7-30)28-10-12-35(13-11-28)48(40,41)31-8-4-29(5-9-31)33(39)34-26-32(37)38/h2-9,14,28H,1,10-13,15-26H2,(H,34,39)(H,37,38). The maximum Gasteiger partial charge on any atom is 0.322 e. The number of sulfonamides is 1. The van der Waals surface area contributed by atoms with Gasteiger partial charge in [0.2, 0.25) is 10.0 Å². The Morgan fingerprint density at radius 3 is 1.75 bits per heavy atom. The zero-order valence-corrected chi connectivity index (χ0v) is 27.9. The first-order valence-corrected chi connectivity index (χ1v) is 17.4. The molecule has 0 bridgehead atoms. The van der Waals surface area contributed by atoms with Crippen molar-refractivity contribution in [2.24, 2.45) is 0 Å². The number of nitrogens with one attached hydrogen (secondary N) is 1. The van der Waals surface area contributed by atoms with Crippen LogP contribution in [0.3, 0.4) is 0 Å². The molecule has 14 nitrogen and oxygen atoms in total. The van der Waals surface area contributed by atoms with Gasteiger partial charge in [0.1, 0.15) is 25.2 Å². The van der Waals surface area contributed by atoms with Crippen molar-refractivity contribution < 1.29 is 56.3 Å². The van der Waals surface area contributed by atoms with Crippen LogP contribution in [0.15, 0.2) is 53.4 Å². The van der Waals surface area contributed by atoms with Gasteiger partial charge >= 0.3 is 5.97 Å². The van der Waals surface area contributed by atoms with Gasteiger partial charge in [0, 0.05) is 25.1 Å². The van der Waals surface area contributed by atoms with E-state index in [-0.39, 0.29) is 16.4 Å². The fourth-order valence-corrected chi connectivity index (χ4v) is 6.25. The number of aliphatic carboxylic acids is 1. The maximum atomic E-state index is 13.2. The van der Waals surface area contributed by atoms with Gasteiger partial charge in [0.25, 0.3) is 5.91 Å². The summed E-state index contributed by atoms with van der Waals surface area (Å²) in [6.07, 6.45) is 2.56. The molecule has 1 aliphatic rings. The number of amides is 1. The van der Waals surface area contributed by atoms with E-state index in [2.05, 4.69) is 5.32 Å². The molecular weight excluding hydrogens is 648 g/mol. The third-order valence-corrected chi connectivity index (χ3v) is 9.24. The first-order chi connectivity index (χ1) is 23.3. The summed E-state index contributed by atoms with van der Waals surface area (Å²) in [6.45, 7) is 5.15. The van der Waals surface area contributed by atoms with Crippen molar-refractivity contribution in [2.75, 3.05) is 92.3 Å². The van der Waals surface area contributed by atoms with Crippen LogP contribution < -0.4 is 10.1 Å². The predicted octanol–water partition coefficient (Wildman–Crippen LogP) is 2.12. The summed E-state index contributed by atoms with van der Waals surface area (Å²) in [5.41, 5.74) is 1.31. The number of hydrogen-bond donors (Lipinski definition) is 2. The Labute approximate surface area is 281 Å². The van der Waals surface area contributed by atoms with Crippen LogP contribution in [0.25, 0.3) is 0 Å². The van der Waals surface area contributed by atoms with Crippen molar-refractivity contribution in [3.8, 4) is 5.75 Å². The van der Waals surface area contributed by atoms with Gasteiger partial charge in [-0.3, -0.25) is 9.59 Å². The van der Waals surface area contributed by atoms with E-state index in [0.29, 0.717) is 105 Å². The predicted molar refractivity (Wildman–Crippen MR) is 174 cm³/mol. The molecule has 48 heavy (non-hydrogen) atoms. The highest BCUT2D eigenvalue weighted by Crippen LogP contribution is 2.31. The van der Waals surface area contributed by atoms with Gasteiger partial charge in [-0.05, 0) is 60.7 Å². The molecule has 0 saturated carbocycles. The third-order valence-electron chi connectivity index (χ3n) is 7.32. The lowest BCUT2D eigenvalue weighted by molar-refractivity contribution is -0.135. The second kappa shape index (κ2) is 22.2. The molecule has 1 saturated heterocycles. The van der Waals surface area contributed by atoms with E-state index >= 15 is 0 Å². The summed E-state index contributed by atoms with van der Waals surface area (Å²) in [5, 5.41) is 10.9. The molecule has 1 heterocycles. The Morgan fingerprint density at radius 1 is 0.750 bits per heavy atom. The number of benzene rings is 2. The van der Waals surface area contributed by atoms with Crippen molar-refractivity contribution in [1.29, 1.82) is 0 Å². The fraction of sp³-hybridized carbons (Fsp3) is 0.545. The highest BCUT2D eigenvalue weighted by Gasteiger charge is 2.30. The minimum atomic E-state index is -3.73. The van der Waals surface area contributed by atoms with Gasteiger partial charge in [0.15, 0.2) is 0 Å². The van der Waals surface area contributed by atoms with Crippen LogP contribution in [0, 0.1) is 0 Å². The monoisotopic (exact) mass is 694 g/mol. The van der Waals surface area contributed by atoms with Gasteiger partial charge in [-0.2, -0.15) is 4.31 Å². The zero-order chi connectivity index (χ0) is 34.5. The average molecular weight is 695 g/mol. The van der Waals surface area contributed by atoms with Crippen molar-refractivity contribution in [3.05, 3.63) is 59.7 Å². The minimum Gasteiger partial charge on any atom is -0.491 e. The van der Waals surface area contributed by atoms with Crippen LogP contribution >= 0.6 is 0 Å². The Hall–Kier alpha value is -3.44. The molecule has 0 spiro atoms. The topological polar surface area (TPSA) is 176 Å². The van der Waals surface area contributed by atoms with E-state index in [1.165, 1.54) is 28.6 Å². The fourth-order valence-electron chi connectivity index (χ4n) is 4.78. The van der Waals surface area contributed by atoms with Crippen LogP contribution in [0.4, 0.5) is 0 Å². The zero-order valence-electron chi connectivity index (χ0n) is 27.1. The summed E-state index contributed by atoms with van der Waals surface area (Å²) in [6, 6.07) is 13.3. The summed E-state index contributed by atoms with van der Waals surface area (Å²) in [5.74, 6) is -0.803. The van der Waals surface area contributed by atoms with Crippen molar-refractivity contribution in [3.63, 3.8) is 0 Å². The molecule has 0 aliphatic carbocycles. The first kappa shape index (κ1) is 39.0. The summed E-state index contributed by atoms with van der Waals surface area (Å²) >= 11 is 0. The lowest BCUT2D eigenvalue weighted by atomic mass is 9.90. The number of hydrogen-bond acceptors (Lipinski definition) is 11. The maximum absolute atomic E-state index is 13.2. The first-order valence-electron chi connectivity index (χ1n) is 16.0. The van der Waals surface area contributed by atoms with E-state index in [0.717, 1.165) is 17.6 Å². The molecule has 0 aromatic heterocycles. The third kappa shape index (κ3) is 14.4. The van der Waals surface area contributed by atoms with Crippen LogP contribution in [0.1, 0.15) is 41.1 Å². The SMILES string of the molecule is O=CCCOCCOCCOCCOCCOCCOc1ccc(C2CCN(S(=O)(=O)c3ccc(C(=O)NCC(=O)O)cc3)CC2)cc1. The Balaban J connectivity index is 1.22. The Morgan fingerprint density at radius 2 is 1.25 bits per heavy atom. The van der Waals surface area contributed by atoms with Gasteiger partial charge in [-0.25, -0.2) is 8.42 Å². The van der Waals surface area contributed by atoms with Crippen LogP contribution in [0.2, 0.25) is 0 Å². The number of carboxylic acid groups (broad SMARTS) is 1. The molecule has 2 N–H and O–H groups in total. The molecule has 15 heteroatoms. The average Bonchev–Trinajstić information content (AvgIpc) is 3.10. The van der Waals surface area contributed by atoms with Gasteiger partial charge in [-0.15, -0.1) is 0 Å². The number of rotatable bonds is 25. The molecule has 266 valence electrons. The molecule has 1 amide bonds. The molecule has 2 aromatic carbocycles. The second-order valence-corrected chi connectivity index (χ2v) is 12.7. The van der Waals surface area contributed by atoms with Crippen LogP contribution in [-0.2, 0) is 43.3 Å². The number of aldehydes is 1. The normalized spacial score (nSPS) is 14.1. The second-order valence-electron chi connectivity index (χ2n) is 10.7. The Bertz CT molecular complexity index is 1330. The lowest BCUT2D eigenvalue weighted by Gasteiger charge is -2.31. The van der Waals surface area contributed by atoms with E-state index in [9.17, 15) is 22.8 Å². The van der Waals surface area contributed by atoms with Crippen LogP contribution in [0.5, 0.6) is 5.75 Å². The molecule has 3 rings (SSSR count). The molecule has 0 atom stereocenters. The van der Waals surface area contributed by atoms with E-state index in [4.69, 9.17) is 33.5 Å². The summed E-state index contributed by atoms with van der Waals surface area (Å²) in [4.78, 5) is 32.9.